The molecule has 2 fully saturated rings. The average Bonchev–Trinajstić information content (AvgIpc) is 2.65. The maximum absolute atomic E-state index is 12.5. The van der Waals surface area contributed by atoms with Crippen LogP contribution in [0.15, 0.2) is 39.5 Å². The van der Waals surface area contributed by atoms with Crippen LogP contribution in [0, 0.1) is 11.8 Å². The van der Waals surface area contributed by atoms with E-state index in [1.54, 1.807) is 18.2 Å². The monoisotopic (exact) mass is 341 g/mol. The van der Waals surface area contributed by atoms with E-state index in [-0.39, 0.29) is 12.5 Å². The van der Waals surface area contributed by atoms with Crippen molar-refractivity contribution in [3.8, 4) is 5.75 Å². The molecule has 1 aromatic heterocycles. The first-order valence-electron chi connectivity index (χ1n) is 9.13. The fourth-order valence-electron chi connectivity index (χ4n) is 4.19. The molecule has 0 radical (unpaired) electrons. The molecular formula is C20H23NO4. The quantitative estimate of drug-likeness (QED) is 0.805. The van der Waals surface area contributed by atoms with Gasteiger partial charge < -0.3 is 14.1 Å². The van der Waals surface area contributed by atoms with Gasteiger partial charge in [0.15, 0.2) is 6.61 Å². The van der Waals surface area contributed by atoms with E-state index >= 15 is 0 Å². The Hall–Kier alpha value is -2.30. The highest BCUT2D eigenvalue weighted by Crippen LogP contribution is 2.36. The van der Waals surface area contributed by atoms with Gasteiger partial charge >= 0.3 is 5.63 Å². The van der Waals surface area contributed by atoms with Gasteiger partial charge in [0, 0.05) is 30.6 Å². The maximum atomic E-state index is 12.5. The molecule has 1 aliphatic carbocycles. The second kappa shape index (κ2) is 6.90. The van der Waals surface area contributed by atoms with Gasteiger partial charge in [-0.05, 0) is 42.9 Å². The van der Waals surface area contributed by atoms with Crippen molar-refractivity contribution in [2.45, 2.75) is 32.1 Å². The molecule has 5 nitrogen and oxygen atoms in total. The van der Waals surface area contributed by atoms with Crippen LogP contribution in [-0.2, 0) is 4.79 Å². The van der Waals surface area contributed by atoms with E-state index in [0.717, 1.165) is 30.8 Å². The zero-order chi connectivity index (χ0) is 17.2. The van der Waals surface area contributed by atoms with Gasteiger partial charge in [0.05, 0.1) is 0 Å². The molecule has 0 N–H and O–H groups in total. The Balaban J connectivity index is 1.37. The summed E-state index contributed by atoms with van der Waals surface area (Å²) in [5.74, 6) is 2.06. The first-order chi connectivity index (χ1) is 12.2. The number of hydrogen-bond donors (Lipinski definition) is 0. The molecule has 2 aliphatic rings. The lowest BCUT2D eigenvalue weighted by Gasteiger charge is -2.41. The Labute approximate surface area is 146 Å². The van der Waals surface area contributed by atoms with E-state index in [1.165, 1.54) is 31.7 Å². The van der Waals surface area contributed by atoms with Crippen LogP contribution in [0.25, 0.3) is 11.0 Å². The molecule has 1 amide bonds. The van der Waals surface area contributed by atoms with Crippen LogP contribution in [0.1, 0.15) is 32.1 Å². The third-order valence-corrected chi connectivity index (χ3v) is 5.60. The Morgan fingerprint density at radius 3 is 2.80 bits per heavy atom. The van der Waals surface area contributed by atoms with E-state index in [0.29, 0.717) is 17.3 Å². The fraction of sp³-hybridized carbons (Fsp3) is 0.500. The van der Waals surface area contributed by atoms with Crippen LogP contribution in [0.4, 0.5) is 0 Å². The van der Waals surface area contributed by atoms with E-state index in [4.69, 9.17) is 9.15 Å². The standard InChI is InChI=1S/C20H23NO4/c22-19(21-10-9-14-3-1-2-4-16(14)12-21)13-24-17-7-5-15-6-8-20(23)25-18(15)11-17/h5-8,11,14,16H,1-4,9-10,12-13H2/t14-,16-/m0/s1. The topological polar surface area (TPSA) is 59.8 Å². The van der Waals surface area contributed by atoms with Crippen molar-refractivity contribution >= 4 is 16.9 Å². The number of benzene rings is 1. The predicted molar refractivity (Wildman–Crippen MR) is 94.6 cm³/mol. The normalized spacial score (nSPS) is 23.3. The molecule has 132 valence electrons. The minimum absolute atomic E-state index is 0.0277. The van der Waals surface area contributed by atoms with Gasteiger partial charge in [-0.25, -0.2) is 4.79 Å². The summed E-state index contributed by atoms with van der Waals surface area (Å²) in [6, 6.07) is 8.39. The number of carbonyl (C=O) groups excluding carboxylic acids is 1. The number of amides is 1. The lowest BCUT2D eigenvalue weighted by Crippen LogP contribution is -2.46. The largest absolute Gasteiger partial charge is 0.484 e. The molecule has 1 aromatic carbocycles. The minimum Gasteiger partial charge on any atom is -0.484 e. The van der Waals surface area contributed by atoms with E-state index in [9.17, 15) is 9.59 Å². The molecule has 5 heteroatoms. The summed E-state index contributed by atoms with van der Waals surface area (Å²) >= 11 is 0. The highest BCUT2D eigenvalue weighted by Gasteiger charge is 2.32. The van der Waals surface area contributed by atoms with Gasteiger partial charge in [0.2, 0.25) is 0 Å². The van der Waals surface area contributed by atoms with Crippen molar-refractivity contribution in [1.82, 2.24) is 4.90 Å². The Bertz CT molecular complexity index is 828. The van der Waals surface area contributed by atoms with Crippen molar-refractivity contribution in [3.63, 3.8) is 0 Å². The zero-order valence-corrected chi connectivity index (χ0v) is 14.3. The van der Waals surface area contributed by atoms with Crippen LogP contribution in [0.3, 0.4) is 0 Å². The Morgan fingerprint density at radius 2 is 1.92 bits per heavy atom. The smallest absolute Gasteiger partial charge is 0.336 e. The molecule has 2 aromatic rings. The molecule has 4 rings (SSSR count). The number of nitrogens with zero attached hydrogens (tertiary/aromatic N) is 1. The molecular weight excluding hydrogens is 318 g/mol. The van der Waals surface area contributed by atoms with Gasteiger partial charge in [-0.1, -0.05) is 19.3 Å². The maximum Gasteiger partial charge on any atom is 0.336 e. The number of carbonyl (C=O) groups is 1. The van der Waals surface area contributed by atoms with Crippen molar-refractivity contribution in [2.75, 3.05) is 19.7 Å². The van der Waals surface area contributed by atoms with E-state index in [2.05, 4.69) is 0 Å². The van der Waals surface area contributed by atoms with Crippen molar-refractivity contribution in [3.05, 3.63) is 40.8 Å². The molecule has 0 unspecified atom stereocenters. The molecule has 0 spiro atoms. The van der Waals surface area contributed by atoms with E-state index in [1.807, 2.05) is 11.0 Å². The highest BCUT2D eigenvalue weighted by molar-refractivity contribution is 5.79. The van der Waals surface area contributed by atoms with Gasteiger partial charge in [-0.15, -0.1) is 0 Å². The molecule has 1 saturated carbocycles. The first-order valence-corrected chi connectivity index (χ1v) is 9.13. The third-order valence-electron chi connectivity index (χ3n) is 5.60. The van der Waals surface area contributed by atoms with Gasteiger partial charge in [-0.2, -0.15) is 0 Å². The van der Waals surface area contributed by atoms with Crippen molar-refractivity contribution in [1.29, 1.82) is 0 Å². The Kier molecular flexibility index (Phi) is 4.47. The predicted octanol–water partition coefficient (Wildman–Crippen LogP) is 3.21. The molecule has 1 saturated heterocycles. The summed E-state index contributed by atoms with van der Waals surface area (Å²) in [7, 11) is 0. The van der Waals surface area contributed by atoms with E-state index < -0.39 is 5.63 Å². The molecule has 1 aliphatic heterocycles. The number of hydrogen-bond acceptors (Lipinski definition) is 4. The van der Waals surface area contributed by atoms with Crippen molar-refractivity contribution < 1.29 is 13.9 Å². The van der Waals surface area contributed by atoms with Crippen molar-refractivity contribution in [2.24, 2.45) is 11.8 Å². The SMILES string of the molecule is O=C(COc1ccc2ccc(=O)oc2c1)N1CC[C@@H]2CCCC[C@H]2C1. The van der Waals surface area contributed by atoms with Crippen LogP contribution in [0.2, 0.25) is 0 Å². The molecule has 0 bridgehead atoms. The Morgan fingerprint density at radius 1 is 1.12 bits per heavy atom. The van der Waals surface area contributed by atoms with Gasteiger partial charge in [0.25, 0.3) is 5.91 Å². The molecule has 2 atom stereocenters. The second-order valence-corrected chi connectivity index (χ2v) is 7.18. The number of ether oxygens (including phenoxy) is 1. The van der Waals surface area contributed by atoms with Gasteiger partial charge in [-0.3, -0.25) is 4.79 Å². The van der Waals surface area contributed by atoms with Crippen LogP contribution < -0.4 is 10.4 Å². The number of rotatable bonds is 3. The third kappa shape index (κ3) is 3.55. The summed E-state index contributed by atoms with van der Waals surface area (Å²) in [5, 5.41) is 0.831. The lowest BCUT2D eigenvalue weighted by molar-refractivity contribution is -0.136. The summed E-state index contributed by atoms with van der Waals surface area (Å²) in [6.07, 6.45) is 6.33. The van der Waals surface area contributed by atoms with Crippen LogP contribution >= 0.6 is 0 Å². The number of fused-ring (bicyclic) bond motifs is 2. The summed E-state index contributed by atoms with van der Waals surface area (Å²) in [5.41, 5.74) is 0.0801. The second-order valence-electron chi connectivity index (χ2n) is 7.18. The number of piperidine rings is 1. The minimum atomic E-state index is -0.393. The number of likely N-dealkylation sites (tertiary alicyclic amines) is 1. The van der Waals surface area contributed by atoms with Crippen LogP contribution in [-0.4, -0.2) is 30.5 Å². The summed E-state index contributed by atoms with van der Waals surface area (Å²) in [4.78, 5) is 25.8. The summed E-state index contributed by atoms with van der Waals surface area (Å²) < 4.78 is 10.8. The molecule has 25 heavy (non-hydrogen) atoms. The lowest BCUT2D eigenvalue weighted by atomic mass is 9.75. The fourth-order valence-corrected chi connectivity index (χ4v) is 4.19. The zero-order valence-electron chi connectivity index (χ0n) is 14.3. The first kappa shape index (κ1) is 16.2. The average molecular weight is 341 g/mol. The molecule has 2 heterocycles. The highest BCUT2D eigenvalue weighted by atomic mass is 16.5. The summed E-state index contributed by atoms with van der Waals surface area (Å²) in [6.45, 7) is 1.75. The van der Waals surface area contributed by atoms with Crippen LogP contribution in [0.5, 0.6) is 5.75 Å². The van der Waals surface area contributed by atoms with Gasteiger partial charge in [0.1, 0.15) is 11.3 Å².